The smallest absolute Gasteiger partial charge is 0.344 e. The van der Waals surface area contributed by atoms with E-state index in [-0.39, 0.29) is 11.5 Å². The highest BCUT2D eigenvalue weighted by molar-refractivity contribution is 6.17. The van der Waals surface area contributed by atoms with Crippen molar-refractivity contribution in [1.29, 1.82) is 0 Å². The zero-order valence-corrected chi connectivity index (χ0v) is 15.5. The third kappa shape index (κ3) is 3.21. The van der Waals surface area contributed by atoms with Gasteiger partial charge in [-0.05, 0) is 36.8 Å². The summed E-state index contributed by atoms with van der Waals surface area (Å²) in [6.45, 7) is 3.01. The number of carbonyl (C=O) groups excluding carboxylic acids is 2. The van der Waals surface area contributed by atoms with Crippen LogP contribution in [0.2, 0.25) is 0 Å². The van der Waals surface area contributed by atoms with Gasteiger partial charge in [0.25, 0.3) is 0 Å². The molecule has 0 aliphatic carbocycles. The molecule has 2 aliphatic heterocycles. The third-order valence-corrected chi connectivity index (χ3v) is 4.75. The molecule has 28 heavy (non-hydrogen) atoms. The van der Waals surface area contributed by atoms with E-state index < -0.39 is 5.97 Å². The number of carbonyl (C=O) groups is 2. The Hall–Kier alpha value is -3.66. The summed E-state index contributed by atoms with van der Waals surface area (Å²) < 4.78 is 5.18. The lowest BCUT2D eigenvalue weighted by Gasteiger charge is -2.26. The third-order valence-electron chi connectivity index (χ3n) is 4.75. The van der Waals surface area contributed by atoms with Gasteiger partial charge in [0.2, 0.25) is 5.78 Å². The molecule has 0 spiro atoms. The summed E-state index contributed by atoms with van der Waals surface area (Å²) in [6, 6.07) is 14.9. The number of nitrogens with zero attached hydrogens (tertiary/aromatic N) is 1. The first-order valence-corrected chi connectivity index (χ1v) is 9.18. The summed E-state index contributed by atoms with van der Waals surface area (Å²) in [5.41, 5.74) is 4.07. The Bertz CT molecular complexity index is 1070. The molecule has 0 aromatic heterocycles. The molecule has 4 heteroatoms. The molecule has 0 unspecified atom stereocenters. The van der Waals surface area contributed by atoms with Gasteiger partial charge in [-0.25, -0.2) is 4.79 Å². The number of para-hydroxylation sites is 1. The van der Waals surface area contributed by atoms with Crippen LogP contribution >= 0.6 is 0 Å². The van der Waals surface area contributed by atoms with Gasteiger partial charge >= 0.3 is 5.97 Å². The van der Waals surface area contributed by atoms with E-state index in [1.807, 2.05) is 24.3 Å². The Kier molecular flexibility index (Phi) is 4.77. The molecular formula is C24H19NO3. The van der Waals surface area contributed by atoms with Gasteiger partial charge in [0.1, 0.15) is 0 Å². The molecule has 0 saturated heterocycles. The molecule has 0 saturated carbocycles. The van der Waals surface area contributed by atoms with E-state index in [9.17, 15) is 9.59 Å². The van der Waals surface area contributed by atoms with Crippen LogP contribution in [0.3, 0.4) is 0 Å². The summed E-state index contributed by atoms with van der Waals surface area (Å²) in [5.74, 6) is -0.749. The highest BCUT2D eigenvalue weighted by Gasteiger charge is 2.28. The molecule has 2 aromatic carbocycles. The summed E-state index contributed by atoms with van der Waals surface area (Å²) in [4.78, 5) is 26.7. The van der Waals surface area contributed by atoms with Crippen LogP contribution in [0.4, 0.5) is 5.69 Å². The second-order valence-electron chi connectivity index (χ2n) is 6.42. The maximum Gasteiger partial charge on any atom is 0.344 e. The lowest BCUT2D eigenvalue weighted by molar-refractivity contribution is 0.0563. The van der Waals surface area contributed by atoms with Crippen molar-refractivity contribution in [2.45, 2.75) is 6.92 Å². The largest absolute Gasteiger partial charge is 0.419 e. The van der Waals surface area contributed by atoms with Crippen LogP contribution < -0.4 is 4.90 Å². The number of hydrogen-bond donors (Lipinski definition) is 0. The number of benzene rings is 2. The zero-order chi connectivity index (χ0) is 19.5. The minimum atomic E-state index is -0.503. The van der Waals surface area contributed by atoms with Crippen molar-refractivity contribution in [3.63, 3.8) is 0 Å². The van der Waals surface area contributed by atoms with Crippen LogP contribution in [0.15, 0.2) is 90.9 Å². The monoisotopic (exact) mass is 369 g/mol. The van der Waals surface area contributed by atoms with Crippen LogP contribution in [0, 0.1) is 0 Å². The van der Waals surface area contributed by atoms with E-state index in [2.05, 4.69) is 36.2 Å². The van der Waals surface area contributed by atoms with Crippen molar-refractivity contribution < 1.29 is 14.3 Å². The van der Waals surface area contributed by atoms with Crippen LogP contribution in [-0.2, 0) is 4.74 Å². The predicted molar refractivity (Wildman–Crippen MR) is 110 cm³/mol. The number of cyclic esters (lactones) is 1. The molecule has 2 heterocycles. The van der Waals surface area contributed by atoms with Crippen molar-refractivity contribution in [3.05, 3.63) is 108 Å². The van der Waals surface area contributed by atoms with Gasteiger partial charge in [-0.2, -0.15) is 0 Å². The maximum absolute atomic E-state index is 12.5. The van der Waals surface area contributed by atoms with E-state index in [0.717, 1.165) is 17.7 Å². The topological polar surface area (TPSA) is 46.6 Å². The van der Waals surface area contributed by atoms with Gasteiger partial charge in [-0.1, -0.05) is 54.6 Å². The van der Waals surface area contributed by atoms with E-state index in [0.29, 0.717) is 11.1 Å². The fourth-order valence-electron chi connectivity index (χ4n) is 3.33. The normalized spacial score (nSPS) is 18.5. The number of rotatable bonds is 3. The van der Waals surface area contributed by atoms with Crippen molar-refractivity contribution in [2.24, 2.45) is 0 Å². The first kappa shape index (κ1) is 17.7. The number of allylic oxidation sites excluding steroid dienone is 7. The first-order valence-electron chi connectivity index (χ1n) is 9.18. The minimum Gasteiger partial charge on any atom is -0.419 e. The van der Waals surface area contributed by atoms with Crippen molar-refractivity contribution >= 4 is 23.0 Å². The quantitative estimate of drug-likeness (QED) is 0.569. The molecule has 2 aliphatic rings. The van der Waals surface area contributed by atoms with Crippen LogP contribution in [0.5, 0.6) is 0 Å². The van der Waals surface area contributed by atoms with Gasteiger partial charge in [0.15, 0.2) is 5.76 Å². The summed E-state index contributed by atoms with van der Waals surface area (Å²) in [5, 5.41) is 0. The highest BCUT2D eigenvalue weighted by atomic mass is 16.5. The van der Waals surface area contributed by atoms with Gasteiger partial charge < -0.3 is 9.64 Å². The molecule has 0 amide bonds. The highest BCUT2D eigenvalue weighted by Crippen LogP contribution is 2.32. The molecule has 4 nitrogen and oxygen atoms in total. The average molecular weight is 369 g/mol. The van der Waals surface area contributed by atoms with Crippen molar-refractivity contribution in [2.75, 3.05) is 11.4 Å². The summed E-state index contributed by atoms with van der Waals surface area (Å²) >= 11 is 0. The molecular weight excluding hydrogens is 350 g/mol. The molecule has 0 atom stereocenters. The number of esters is 1. The molecule has 138 valence electrons. The number of fused-ring (bicyclic) bond motifs is 2. The Labute approximate surface area is 163 Å². The van der Waals surface area contributed by atoms with E-state index in [1.165, 1.54) is 11.8 Å². The van der Waals surface area contributed by atoms with Crippen molar-refractivity contribution in [1.82, 2.24) is 0 Å². The van der Waals surface area contributed by atoms with E-state index in [4.69, 9.17) is 4.74 Å². The lowest BCUT2D eigenvalue weighted by atomic mass is 9.99. The van der Waals surface area contributed by atoms with E-state index >= 15 is 0 Å². The SMILES string of the molecule is CCN1C=C/C(=C/C=C/C=C2/OC(=O)c3ccccc3C2=O)c2ccccc21. The molecule has 0 fully saturated rings. The van der Waals surface area contributed by atoms with Crippen LogP contribution in [-0.4, -0.2) is 18.3 Å². The second kappa shape index (κ2) is 7.53. The predicted octanol–water partition coefficient (Wildman–Crippen LogP) is 4.92. The number of ketones is 1. The average Bonchev–Trinajstić information content (AvgIpc) is 2.74. The maximum atomic E-state index is 12.5. The van der Waals surface area contributed by atoms with Gasteiger partial charge in [-0.15, -0.1) is 0 Å². The Morgan fingerprint density at radius 1 is 0.893 bits per heavy atom. The van der Waals surface area contributed by atoms with E-state index in [1.54, 1.807) is 30.3 Å². The van der Waals surface area contributed by atoms with Crippen molar-refractivity contribution in [3.8, 4) is 0 Å². The number of hydrogen-bond acceptors (Lipinski definition) is 4. The molecule has 0 bridgehead atoms. The van der Waals surface area contributed by atoms with Gasteiger partial charge in [-0.3, -0.25) is 4.79 Å². The lowest BCUT2D eigenvalue weighted by Crippen LogP contribution is -2.22. The standard InChI is InChI=1S/C24H19NO3/c1-2-25-16-15-17(18-10-6-7-13-21(18)25)9-3-8-14-22-23(26)19-11-4-5-12-20(19)24(27)28-22/h3-16H,2H2,1H3/b8-3+,17-9-,22-14+. The zero-order valence-electron chi connectivity index (χ0n) is 15.5. The Balaban J connectivity index is 1.58. The first-order chi connectivity index (χ1) is 13.7. The summed E-state index contributed by atoms with van der Waals surface area (Å²) in [7, 11) is 0. The summed E-state index contributed by atoms with van der Waals surface area (Å²) in [6.07, 6.45) is 11.2. The van der Waals surface area contributed by atoms with Gasteiger partial charge in [0, 0.05) is 29.6 Å². The second-order valence-corrected chi connectivity index (χ2v) is 6.42. The number of Topliss-reactive ketones (excluding diaryl/α,β-unsaturated/α-hetero) is 1. The Morgan fingerprint density at radius 3 is 2.36 bits per heavy atom. The van der Waals surface area contributed by atoms with Crippen LogP contribution in [0.1, 0.15) is 33.2 Å². The number of ether oxygens (including phenoxy) is 1. The minimum absolute atomic E-state index is 0.0371. The Morgan fingerprint density at radius 2 is 1.57 bits per heavy atom. The fraction of sp³-hybridized carbons (Fsp3) is 0.0833. The molecule has 2 aromatic rings. The van der Waals surface area contributed by atoms with Gasteiger partial charge in [0.05, 0.1) is 5.56 Å². The molecule has 0 N–H and O–H groups in total. The molecule has 0 radical (unpaired) electrons. The van der Waals surface area contributed by atoms with Crippen LogP contribution in [0.25, 0.3) is 5.57 Å². The number of anilines is 1. The molecule has 4 rings (SSSR count). The fourth-order valence-corrected chi connectivity index (χ4v) is 3.33.